The van der Waals surface area contributed by atoms with Crippen molar-refractivity contribution in [1.29, 1.82) is 0 Å². The van der Waals surface area contributed by atoms with Crippen LogP contribution in [0.4, 0.5) is 4.39 Å². The van der Waals surface area contributed by atoms with Gasteiger partial charge in [-0.15, -0.1) is 0 Å². The Labute approximate surface area is 118 Å². The van der Waals surface area contributed by atoms with Gasteiger partial charge >= 0.3 is 0 Å². The lowest BCUT2D eigenvalue weighted by atomic mass is 10.1. The Bertz CT molecular complexity index is 624. The van der Waals surface area contributed by atoms with Gasteiger partial charge in [-0.1, -0.05) is 12.1 Å². The second kappa shape index (κ2) is 5.63. The standard InChI is InChI=1S/C17H18FNO/c1-19-11-15-16(18)6-3-7-17(15)20-14-9-8-12-4-2-5-13(12)10-14/h3,6-10,19H,2,4-5,11H2,1H3. The van der Waals surface area contributed by atoms with Crippen LogP contribution in [0.5, 0.6) is 11.5 Å². The normalized spacial score (nSPS) is 13.3. The number of hydrogen-bond donors (Lipinski definition) is 1. The van der Waals surface area contributed by atoms with Gasteiger partial charge in [0.1, 0.15) is 17.3 Å². The van der Waals surface area contributed by atoms with Crippen LogP contribution in [0.3, 0.4) is 0 Å². The van der Waals surface area contributed by atoms with Gasteiger partial charge in [-0.05, 0) is 61.7 Å². The molecule has 0 amide bonds. The summed E-state index contributed by atoms with van der Waals surface area (Å²) in [5, 5.41) is 2.97. The lowest BCUT2D eigenvalue weighted by Crippen LogP contribution is -2.08. The monoisotopic (exact) mass is 271 g/mol. The van der Waals surface area contributed by atoms with Gasteiger partial charge in [0.2, 0.25) is 0 Å². The third kappa shape index (κ3) is 2.54. The van der Waals surface area contributed by atoms with Gasteiger partial charge in [-0.25, -0.2) is 4.39 Å². The maximum Gasteiger partial charge on any atom is 0.134 e. The summed E-state index contributed by atoms with van der Waals surface area (Å²) in [4.78, 5) is 0. The van der Waals surface area contributed by atoms with Crippen LogP contribution < -0.4 is 10.1 Å². The second-order valence-electron chi connectivity index (χ2n) is 5.13. The molecule has 3 heteroatoms. The first-order valence-electron chi connectivity index (χ1n) is 6.99. The molecule has 2 nitrogen and oxygen atoms in total. The molecule has 0 fully saturated rings. The van der Waals surface area contributed by atoms with E-state index in [9.17, 15) is 4.39 Å². The zero-order valence-electron chi connectivity index (χ0n) is 11.6. The van der Waals surface area contributed by atoms with Crippen molar-refractivity contribution in [3.05, 3.63) is 58.9 Å². The summed E-state index contributed by atoms with van der Waals surface area (Å²) >= 11 is 0. The molecule has 0 aromatic heterocycles. The summed E-state index contributed by atoms with van der Waals surface area (Å²) in [6, 6.07) is 11.1. The van der Waals surface area contributed by atoms with E-state index < -0.39 is 0 Å². The quantitative estimate of drug-likeness (QED) is 0.912. The Morgan fingerprint density at radius 1 is 1.15 bits per heavy atom. The Kier molecular flexibility index (Phi) is 3.70. The zero-order valence-corrected chi connectivity index (χ0v) is 11.6. The third-order valence-electron chi connectivity index (χ3n) is 3.73. The fraction of sp³-hybridized carbons (Fsp3) is 0.294. The average Bonchev–Trinajstić information content (AvgIpc) is 2.90. The minimum absolute atomic E-state index is 0.238. The van der Waals surface area contributed by atoms with Crippen LogP contribution in [-0.4, -0.2) is 7.05 Å². The van der Waals surface area contributed by atoms with Crippen LogP contribution >= 0.6 is 0 Å². The highest BCUT2D eigenvalue weighted by atomic mass is 19.1. The predicted molar refractivity (Wildman–Crippen MR) is 77.7 cm³/mol. The van der Waals surface area contributed by atoms with Crippen molar-refractivity contribution in [2.75, 3.05) is 7.05 Å². The summed E-state index contributed by atoms with van der Waals surface area (Å²) in [5.41, 5.74) is 3.33. The molecule has 0 spiro atoms. The minimum Gasteiger partial charge on any atom is -0.457 e. The summed E-state index contributed by atoms with van der Waals surface area (Å²) in [6.45, 7) is 0.451. The Hall–Kier alpha value is -1.87. The van der Waals surface area contributed by atoms with Gasteiger partial charge in [0.05, 0.1) is 0 Å². The summed E-state index contributed by atoms with van der Waals surface area (Å²) in [7, 11) is 1.80. The van der Waals surface area contributed by atoms with Crippen LogP contribution in [-0.2, 0) is 19.4 Å². The van der Waals surface area contributed by atoms with E-state index in [4.69, 9.17) is 4.74 Å². The van der Waals surface area contributed by atoms with Gasteiger partial charge in [0, 0.05) is 12.1 Å². The molecule has 2 aromatic carbocycles. The SMILES string of the molecule is CNCc1c(F)cccc1Oc1ccc2c(c1)CCC2. The molecule has 1 aliphatic carbocycles. The van der Waals surface area contributed by atoms with Gasteiger partial charge < -0.3 is 10.1 Å². The Morgan fingerprint density at radius 2 is 2.00 bits per heavy atom. The van der Waals surface area contributed by atoms with Crippen LogP contribution in [0.1, 0.15) is 23.1 Å². The Balaban J connectivity index is 1.89. The number of halogens is 1. The number of nitrogens with one attached hydrogen (secondary N) is 1. The van der Waals surface area contributed by atoms with Crippen molar-refractivity contribution in [2.24, 2.45) is 0 Å². The third-order valence-corrected chi connectivity index (χ3v) is 3.73. The smallest absolute Gasteiger partial charge is 0.134 e. The maximum absolute atomic E-state index is 13.8. The molecular formula is C17H18FNO. The molecule has 0 saturated heterocycles. The van der Waals surface area contributed by atoms with Gasteiger partial charge in [0.25, 0.3) is 0 Å². The highest BCUT2D eigenvalue weighted by Gasteiger charge is 2.13. The topological polar surface area (TPSA) is 21.3 Å². The van der Waals surface area contributed by atoms with Crippen molar-refractivity contribution >= 4 is 0 Å². The van der Waals surface area contributed by atoms with E-state index in [-0.39, 0.29) is 5.82 Å². The number of rotatable bonds is 4. The first-order valence-corrected chi connectivity index (χ1v) is 6.99. The summed E-state index contributed by atoms with van der Waals surface area (Å²) in [5.74, 6) is 1.13. The fourth-order valence-electron chi connectivity index (χ4n) is 2.72. The molecule has 0 aliphatic heterocycles. The van der Waals surface area contributed by atoms with Crippen molar-refractivity contribution in [2.45, 2.75) is 25.8 Å². The number of fused-ring (bicyclic) bond motifs is 1. The van der Waals surface area contributed by atoms with Gasteiger partial charge in [-0.2, -0.15) is 0 Å². The average molecular weight is 271 g/mol. The Morgan fingerprint density at radius 3 is 2.85 bits per heavy atom. The van der Waals surface area contributed by atoms with Crippen molar-refractivity contribution < 1.29 is 9.13 Å². The minimum atomic E-state index is -0.238. The molecule has 0 bridgehead atoms. The molecule has 0 heterocycles. The number of hydrogen-bond acceptors (Lipinski definition) is 2. The molecule has 1 aliphatic rings. The summed E-state index contributed by atoms with van der Waals surface area (Å²) in [6.07, 6.45) is 3.48. The van der Waals surface area contributed by atoms with Crippen molar-refractivity contribution in [1.82, 2.24) is 5.32 Å². The molecule has 0 radical (unpaired) electrons. The lowest BCUT2D eigenvalue weighted by molar-refractivity contribution is 0.463. The van der Waals surface area contributed by atoms with E-state index in [0.29, 0.717) is 17.9 Å². The van der Waals surface area contributed by atoms with E-state index in [1.807, 2.05) is 12.1 Å². The highest BCUT2D eigenvalue weighted by molar-refractivity contribution is 5.43. The first kappa shape index (κ1) is 13.1. The molecule has 2 aromatic rings. The number of ether oxygens (including phenoxy) is 1. The molecule has 1 N–H and O–H groups in total. The van der Waals surface area contributed by atoms with Gasteiger partial charge in [0.15, 0.2) is 0 Å². The number of aryl methyl sites for hydroxylation is 2. The molecule has 0 unspecified atom stereocenters. The van der Waals surface area contributed by atoms with E-state index in [2.05, 4.69) is 17.4 Å². The van der Waals surface area contributed by atoms with E-state index in [1.165, 1.54) is 23.6 Å². The lowest BCUT2D eigenvalue weighted by Gasteiger charge is -2.12. The molecule has 20 heavy (non-hydrogen) atoms. The van der Waals surface area contributed by atoms with Crippen molar-refractivity contribution in [3.8, 4) is 11.5 Å². The van der Waals surface area contributed by atoms with Crippen LogP contribution in [0.15, 0.2) is 36.4 Å². The maximum atomic E-state index is 13.8. The highest BCUT2D eigenvalue weighted by Crippen LogP contribution is 2.31. The molecule has 3 rings (SSSR count). The summed E-state index contributed by atoms with van der Waals surface area (Å²) < 4.78 is 19.7. The van der Waals surface area contributed by atoms with Crippen LogP contribution in [0.2, 0.25) is 0 Å². The second-order valence-corrected chi connectivity index (χ2v) is 5.13. The molecular weight excluding hydrogens is 253 g/mol. The molecule has 0 saturated carbocycles. The molecule has 0 atom stereocenters. The number of benzene rings is 2. The molecule has 104 valence electrons. The zero-order chi connectivity index (χ0) is 13.9. The fourth-order valence-corrected chi connectivity index (χ4v) is 2.72. The van der Waals surface area contributed by atoms with E-state index >= 15 is 0 Å². The predicted octanol–water partition coefficient (Wildman–Crippen LogP) is 3.83. The van der Waals surface area contributed by atoms with E-state index in [1.54, 1.807) is 13.1 Å². The first-order chi connectivity index (χ1) is 9.78. The largest absolute Gasteiger partial charge is 0.457 e. The van der Waals surface area contributed by atoms with Gasteiger partial charge in [-0.3, -0.25) is 0 Å². The van der Waals surface area contributed by atoms with Crippen LogP contribution in [0.25, 0.3) is 0 Å². The van der Waals surface area contributed by atoms with Crippen molar-refractivity contribution in [3.63, 3.8) is 0 Å². The van der Waals surface area contributed by atoms with E-state index in [0.717, 1.165) is 18.6 Å². The van der Waals surface area contributed by atoms with Crippen LogP contribution in [0, 0.1) is 5.82 Å².